The Hall–Kier alpha value is -0.0800. The van der Waals surface area contributed by atoms with Crippen molar-refractivity contribution in [1.29, 1.82) is 0 Å². The van der Waals surface area contributed by atoms with Crippen LogP contribution in [0.1, 0.15) is 78.1 Å². The van der Waals surface area contributed by atoms with Crippen LogP contribution >= 0.6 is 0 Å². The van der Waals surface area contributed by atoms with E-state index in [9.17, 15) is 5.11 Å². The van der Waals surface area contributed by atoms with Crippen LogP contribution in [0.5, 0.6) is 0 Å². The van der Waals surface area contributed by atoms with Crippen molar-refractivity contribution in [2.45, 2.75) is 89.7 Å². The molecule has 0 unspecified atom stereocenters. The summed E-state index contributed by atoms with van der Waals surface area (Å²) in [5.41, 5.74) is 8.09. The zero-order valence-electron chi connectivity index (χ0n) is 13.9. The Morgan fingerprint density at radius 3 is 2.52 bits per heavy atom. The van der Waals surface area contributed by atoms with Crippen molar-refractivity contribution in [3.8, 4) is 0 Å². The Kier molecular flexibility index (Phi) is 3.09. The average Bonchev–Trinajstić information content (AvgIpc) is 2.75. The molecule has 0 aliphatic heterocycles. The first kappa shape index (κ1) is 14.5. The van der Waals surface area contributed by atoms with E-state index in [1.165, 1.54) is 51.4 Å². The Bertz CT molecular complexity index is 437. The van der Waals surface area contributed by atoms with E-state index in [4.69, 9.17) is 5.73 Å². The van der Waals surface area contributed by atoms with Gasteiger partial charge in [0, 0.05) is 5.54 Å². The van der Waals surface area contributed by atoms with Gasteiger partial charge in [-0.2, -0.15) is 0 Å². The van der Waals surface area contributed by atoms with Crippen molar-refractivity contribution in [3.05, 3.63) is 0 Å². The first-order chi connectivity index (χ1) is 9.89. The summed E-state index contributed by atoms with van der Waals surface area (Å²) >= 11 is 0. The summed E-state index contributed by atoms with van der Waals surface area (Å²) < 4.78 is 0. The van der Waals surface area contributed by atoms with Gasteiger partial charge in [0.1, 0.15) is 0 Å². The van der Waals surface area contributed by atoms with Gasteiger partial charge in [0.25, 0.3) is 0 Å². The fourth-order valence-electron chi connectivity index (χ4n) is 7.29. The minimum Gasteiger partial charge on any atom is -0.393 e. The molecular formula is C19H33NO. The third-order valence-corrected chi connectivity index (χ3v) is 8.78. The average molecular weight is 291 g/mol. The van der Waals surface area contributed by atoms with Crippen LogP contribution in [-0.2, 0) is 0 Å². The van der Waals surface area contributed by atoms with Crippen LogP contribution < -0.4 is 5.73 Å². The van der Waals surface area contributed by atoms with Gasteiger partial charge < -0.3 is 10.8 Å². The summed E-state index contributed by atoms with van der Waals surface area (Å²) in [5.74, 6) is 2.31. The summed E-state index contributed by atoms with van der Waals surface area (Å²) in [7, 11) is 0. The fourth-order valence-corrected chi connectivity index (χ4v) is 7.29. The number of hydrogen-bond donors (Lipinski definition) is 2. The van der Waals surface area contributed by atoms with Gasteiger partial charge in [0.2, 0.25) is 0 Å². The monoisotopic (exact) mass is 291 g/mol. The van der Waals surface area contributed by atoms with Gasteiger partial charge in [-0.1, -0.05) is 20.3 Å². The number of fused-ring (bicyclic) bond motifs is 5. The molecule has 4 fully saturated rings. The molecule has 0 bridgehead atoms. The Morgan fingerprint density at radius 1 is 0.905 bits per heavy atom. The molecule has 3 N–H and O–H groups in total. The molecular weight excluding hydrogens is 258 g/mol. The van der Waals surface area contributed by atoms with Crippen LogP contribution in [-0.4, -0.2) is 16.7 Å². The quantitative estimate of drug-likeness (QED) is 0.712. The molecule has 0 radical (unpaired) electrons. The smallest absolute Gasteiger partial charge is 0.0543 e. The van der Waals surface area contributed by atoms with Crippen molar-refractivity contribution >= 4 is 0 Å². The zero-order valence-corrected chi connectivity index (χ0v) is 13.9. The highest BCUT2D eigenvalue weighted by molar-refractivity contribution is 5.16. The van der Waals surface area contributed by atoms with Crippen LogP contribution in [0, 0.1) is 28.6 Å². The van der Waals surface area contributed by atoms with Crippen LogP contribution in [0.4, 0.5) is 0 Å². The van der Waals surface area contributed by atoms with Crippen molar-refractivity contribution in [2.75, 3.05) is 0 Å². The third-order valence-electron chi connectivity index (χ3n) is 8.78. The summed E-state index contributed by atoms with van der Waals surface area (Å²) in [6.07, 6.45) is 12.6. The Labute approximate surface area is 129 Å². The maximum atomic E-state index is 10.1. The van der Waals surface area contributed by atoms with Gasteiger partial charge in [-0.15, -0.1) is 0 Å². The lowest BCUT2D eigenvalue weighted by atomic mass is 9.43. The molecule has 2 nitrogen and oxygen atoms in total. The van der Waals surface area contributed by atoms with Crippen molar-refractivity contribution in [2.24, 2.45) is 34.3 Å². The van der Waals surface area contributed by atoms with Gasteiger partial charge in [-0.25, -0.2) is 0 Å². The van der Waals surface area contributed by atoms with Gasteiger partial charge in [0.15, 0.2) is 0 Å². The molecule has 0 spiro atoms. The number of hydrogen-bond acceptors (Lipinski definition) is 2. The topological polar surface area (TPSA) is 46.2 Å². The molecule has 0 heterocycles. The first-order valence-corrected chi connectivity index (χ1v) is 9.36. The van der Waals surface area contributed by atoms with Crippen molar-refractivity contribution < 1.29 is 5.11 Å². The maximum Gasteiger partial charge on any atom is 0.0543 e. The van der Waals surface area contributed by atoms with E-state index in [2.05, 4.69) is 13.8 Å². The third kappa shape index (κ3) is 1.78. The minimum absolute atomic E-state index is 0.0354. The lowest BCUT2D eigenvalue weighted by Crippen LogP contribution is -2.65. The summed E-state index contributed by atoms with van der Waals surface area (Å²) in [6.45, 7) is 5.02. The molecule has 0 saturated heterocycles. The standard InChI is InChI=1S/C19H33NO/c1-17-8-3-9-19(17,20)16-5-4-13-12-14(21)6-11-18(13,2)15(16)7-10-17/h13-16,21H,3-12,20H2,1-2H3/t13-,14+,15+,16-,17+,18+,19+/m1/s1. The highest BCUT2D eigenvalue weighted by atomic mass is 16.3. The van der Waals surface area contributed by atoms with E-state index in [1.54, 1.807) is 0 Å². The molecule has 0 aromatic rings. The highest BCUT2D eigenvalue weighted by Crippen LogP contribution is 2.66. The number of aliphatic hydroxyl groups excluding tert-OH is 1. The largest absolute Gasteiger partial charge is 0.393 e. The van der Waals surface area contributed by atoms with Crippen LogP contribution in [0.3, 0.4) is 0 Å². The second-order valence-corrected chi connectivity index (χ2v) is 9.41. The number of nitrogens with two attached hydrogens (primary N) is 1. The summed E-state index contributed by atoms with van der Waals surface area (Å²) in [4.78, 5) is 0. The highest BCUT2D eigenvalue weighted by Gasteiger charge is 2.63. The predicted octanol–water partition coefficient (Wildman–Crippen LogP) is 3.86. The van der Waals surface area contributed by atoms with E-state index < -0.39 is 0 Å². The number of rotatable bonds is 0. The molecule has 4 rings (SSSR count). The van der Waals surface area contributed by atoms with Crippen molar-refractivity contribution in [1.82, 2.24) is 0 Å². The SMILES string of the molecule is C[C@]12CC[C@H](O)C[C@H]1CC[C@@H]1[C@@H]2CC[C@]2(C)CCC[C@]12N. The zero-order chi connectivity index (χ0) is 14.9. The molecule has 0 aromatic heterocycles. The molecule has 4 saturated carbocycles. The fraction of sp³-hybridized carbons (Fsp3) is 1.00. The second kappa shape index (κ2) is 4.47. The lowest BCUT2D eigenvalue weighted by Gasteiger charge is -2.63. The van der Waals surface area contributed by atoms with Gasteiger partial charge in [-0.3, -0.25) is 0 Å². The van der Waals surface area contributed by atoms with Gasteiger partial charge in [-0.05, 0) is 86.4 Å². The van der Waals surface area contributed by atoms with Gasteiger partial charge in [0.05, 0.1) is 6.10 Å². The molecule has 0 aromatic carbocycles. The van der Waals surface area contributed by atoms with E-state index in [0.29, 0.717) is 10.8 Å². The second-order valence-electron chi connectivity index (χ2n) is 9.41. The first-order valence-electron chi connectivity index (χ1n) is 9.36. The van der Waals surface area contributed by atoms with Crippen molar-refractivity contribution in [3.63, 3.8) is 0 Å². The molecule has 4 aliphatic carbocycles. The van der Waals surface area contributed by atoms with E-state index >= 15 is 0 Å². The molecule has 21 heavy (non-hydrogen) atoms. The molecule has 4 aliphatic rings. The lowest BCUT2D eigenvalue weighted by molar-refractivity contribution is -0.129. The Balaban J connectivity index is 1.67. The van der Waals surface area contributed by atoms with E-state index in [-0.39, 0.29) is 11.6 Å². The molecule has 7 atom stereocenters. The normalized spacial score (nSPS) is 60.0. The Morgan fingerprint density at radius 2 is 1.71 bits per heavy atom. The molecule has 0 amide bonds. The van der Waals surface area contributed by atoms with E-state index in [1.807, 2.05) is 0 Å². The van der Waals surface area contributed by atoms with Crippen LogP contribution in [0.2, 0.25) is 0 Å². The van der Waals surface area contributed by atoms with Gasteiger partial charge >= 0.3 is 0 Å². The molecule has 120 valence electrons. The van der Waals surface area contributed by atoms with Crippen LogP contribution in [0.25, 0.3) is 0 Å². The number of aliphatic hydroxyl groups is 1. The van der Waals surface area contributed by atoms with E-state index in [0.717, 1.165) is 30.6 Å². The summed E-state index contributed by atoms with van der Waals surface area (Å²) in [6, 6.07) is 0. The molecule has 2 heteroatoms. The summed E-state index contributed by atoms with van der Waals surface area (Å²) in [5, 5.41) is 10.1. The minimum atomic E-state index is -0.0354. The predicted molar refractivity (Wildman–Crippen MR) is 85.8 cm³/mol. The maximum absolute atomic E-state index is 10.1. The van der Waals surface area contributed by atoms with Crippen LogP contribution in [0.15, 0.2) is 0 Å².